The largest absolute Gasteiger partial charge is 0.354 e. The standard InChI is InChI=1S/C29H33FN6O/c1-4-6-26(37)34-15-5-16-35(18-17-34)28-27-21(3)33-36(24-13-11-23(30)12-14-24)29(27)32-25(31-28)19-22-9-7-20(2)8-10-22/h7-14H,4-6,15-19H2,1-3H3. The van der Waals surface area contributed by atoms with Crippen molar-refractivity contribution in [2.75, 3.05) is 31.1 Å². The highest BCUT2D eigenvalue weighted by molar-refractivity contribution is 5.91. The van der Waals surface area contributed by atoms with Crippen LogP contribution in [0.3, 0.4) is 0 Å². The molecule has 3 heterocycles. The molecule has 0 saturated carbocycles. The molecule has 4 aromatic rings. The lowest BCUT2D eigenvalue weighted by Crippen LogP contribution is -2.35. The molecule has 0 N–H and O–H groups in total. The van der Waals surface area contributed by atoms with Crippen molar-refractivity contribution in [1.29, 1.82) is 0 Å². The van der Waals surface area contributed by atoms with Crippen molar-refractivity contribution in [2.24, 2.45) is 0 Å². The van der Waals surface area contributed by atoms with Gasteiger partial charge < -0.3 is 9.80 Å². The van der Waals surface area contributed by atoms with E-state index in [9.17, 15) is 9.18 Å². The zero-order chi connectivity index (χ0) is 25.9. The van der Waals surface area contributed by atoms with Gasteiger partial charge in [-0.05, 0) is 56.5 Å². The number of rotatable bonds is 6. The molecule has 0 radical (unpaired) electrons. The molecule has 1 aliphatic rings. The molecule has 1 amide bonds. The fraction of sp³-hybridized carbons (Fsp3) is 0.379. The van der Waals surface area contributed by atoms with E-state index in [0.717, 1.165) is 54.1 Å². The van der Waals surface area contributed by atoms with Gasteiger partial charge in [0.05, 0.1) is 16.8 Å². The number of carbonyl (C=O) groups is 1. The molecule has 0 bridgehead atoms. The van der Waals surface area contributed by atoms with E-state index in [4.69, 9.17) is 15.1 Å². The molecule has 0 spiro atoms. The summed E-state index contributed by atoms with van der Waals surface area (Å²) in [6, 6.07) is 14.7. The first-order valence-electron chi connectivity index (χ1n) is 13.0. The highest BCUT2D eigenvalue weighted by atomic mass is 19.1. The van der Waals surface area contributed by atoms with Crippen molar-refractivity contribution in [2.45, 2.75) is 46.5 Å². The van der Waals surface area contributed by atoms with Gasteiger partial charge in [0.25, 0.3) is 0 Å². The van der Waals surface area contributed by atoms with Gasteiger partial charge in [-0.1, -0.05) is 36.8 Å². The van der Waals surface area contributed by atoms with Crippen molar-refractivity contribution in [3.05, 3.63) is 77.0 Å². The Hall–Kier alpha value is -3.81. The van der Waals surface area contributed by atoms with Gasteiger partial charge in [-0.3, -0.25) is 4.79 Å². The highest BCUT2D eigenvalue weighted by Gasteiger charge is 2.25. The number of amides is 1. The van der Waals surface area contributed by atoms with Crippen LogP contribution in [0.1, 0.15) is 48.8 Å². The molecule has 2 aromatic heterocycles. The van der Waals surface area contributed by atoms with Crippen molar-refractivity contribution >= 4 is 22.8 Å². The first-order valence-corrected chi connectivity index (χ1v) is 13.0. The number of nitrogens with zero attached hydrogens (tertiary/aromatic N) is 6. The maximum atomic E-state index is 13.6. The van der Waals surface area contributed by atoms with E-state index in [1.54, 1.807) is 16.8 Å². The van der Waals surface area contributed by atoms with Crippen molar-refractivity contribution in [3.63, 3.8) is 0 Å². The molecule has 0 atom stereocenters. The van der Waals surface area contributed by atoms with Crippen LogP contribution < -0.4 is 4.90 Å². The molecule has 0 unspecified atom stereocenters. The van der Waals surface area contributed by atoms with E-state index in [0.29, 0.717) is 37.4 Å². The van der Waals surface area contributed by atoms with E-state index in [-0.39, 0.29) is 11.7 Å². The second-order valence-corrected chi connectivity index (χ2v) is 9.77. The summed E-state index contributed by atoms with van der Waals surface area (Å²) < 4.78 is 15.4. The Labute approximate surface area is 216 Å². The number of aryl methyl sites for hydroxylation is 2. The van der Waals surface area contributed by atoms with Crippen LogP contribution in [-0.2, 0) is 11.2 Å². The minimum atomic E-state index is -0.293. The van der Waals surface area contributed by atoms with E-state index in [1.807, 2.05) is 18.7 Å². The van der Waals surface area contributed by atoms with Crippen LogP contribution in [0, 0.1) is 19.7 Å². The summed E-state index contributed by atoms with van der Waals surface area (Å²) >= 11 is 0. The fourth-order valence-electron chi connectivity index (χ4n) is 4.91. The van der Waals surface area contributed by atoms with E-state index >= 15 is 0 Å². The maximum Gasteiger partial charge on any atom is 0.222 e. The molecule has 1 aliphatic heterocycles. The van der Waals surface area contributed by atoms with Gasteiger partial charge in [-0.2, -0.15) is 5.10 Å². The van der Waals surface area contributed by atoms with Gasteiger partial charge in [0, 0.05) is 39.0 Å². The number of benzene rings is 2. The topological polar surface area (TPSA) is 67.2 Å². The molecule has 0 aliphatic carbocycles. The number of halogens is 1. The number of fused-ring (bicyclic) bond motifs is 1. The number of carbonyl (C=O) groups excluding carboxylic acids is 1. The summed E-state index contributed by atoms with van der Waals surface area (Å²) in [5.41, 5.74) is 4.61. The van der Waals surface area contributed by atoms with E-state index in [1.165, 1.54) is 17.7 Å². The minimum Gasteiger partial charge on any atom is -0.354 e. The molecule has 192 valence electrons. The van der Waals surface area contributed by atoms with Gasteiger partial charge in [0.15, 0.2) is 5.65 Å². The number of hydrogen-bond donors (Lipinski definition) is 0. The summed E-state index contributed by atoms with van der Waals surface area (Å²) in [7, 11) is 0. The molecule has 7 nitrogen and oxygen atoms in total. The molecule has 1 saturated heterocycles. The predicted molar refractivity (Wildman–Crippen MR) is 144 cm³/mol. The Morgan fingerprint density at radius 1 is 0.946 bits per heavy atom. The van der Waals surface area contributed by atoms with E-state index in [2.05, 4.69) is 36.1 Å². The Kier molecular flexibility index (Phi) is 7.17. The normalized spacial score (nSPS) is 14.3. The zero-order valence-electron chi connectivity index (χ0n) is 21.7. The average molecular weight is 501 g/mol. The Bertz CT molecular complexity index is 1400. The number of aromatic nitrogens is 4. The second-order valence-electron chi connectivity index (χ2n) is 9.77. The van der Waals surface area contributed by atoms with Gasteiger partial charge >= 0.3 is 0 Å². The highest BCUT2D eigenvalue weighted by Crippen LogP contribution is 2.30. The third kappa shape index (κ3) is 5.33. The van der Waals surface area contributed by atoms with Gasteiger partial charge in [-0.15, -0.1) is 0 Å². The van der Waals surface area contributed by atoms with Gasteiger partial charge in [-0.25, -0.2) is 19.0 Å². The molecule has 1 fully saturated rings. The third-order valence-electron chi connectivity index (χ3n) is 6.90. The molecule has 37 heavy (non-hydrogen) atoms. The van der Waals surface area contributed by atoms with Crippen molar-refractivity contribution in [1.82, 2.24) is 24.6 Å². The molecule has 8 heteroatoms. The Morgan fingerprint density at radius 3 is 2.43 bits per heavy atom. The maximum absolute atomic E-state index is 13.6. The van der Waals surface area contributed by atoms with Crippen LogP contribution in [0.15, 0.2) is 48.5 Å². The fourth-order valence-corrected chi connectivity index (χ4v) is 4.91. The Morgan fingerprint density at radius 2 is 1.70 bits per heavy atom. The lowest BCUT2D eigenvalue weighted by Gasteiger charge is -2.24. The third-order valence-corrected chi connectivity index (χ3v) is 6.90. The Balaban J connectivity index is 1.58. The minimum absolute atomic E-state index is 0.220. The summed E-state index contributed by atoms with van der Waals surface area (Å²) in [4.78, 5) is 26.8. The van der Waals surface area contributed by atoms with Crippen LogP contribution in [-0.4, -0.2) is 56.7 Å². The quantitative estimate of drug-likeness (QED) is 0.373. The van der Waals surface area contributed by atoms with Crippen molar-refractivity contribution < 1.29 is 9.18 Å². The monoisotopic (exact) mass is 500 g/mol. The summed E-state index contributed by atoms with van der Waals surface area (Å²) in [5.74, 6) is 1.48. The molecule has 2 aromatic carbocycles. The van der Waals surface area contributed by atoms with Crippen LogP contribution in [0.2, 0.25) is 0 Å². The lowest BCUT2D eigenvalue weighted by molar-refractivity contribution is -0.131. The second kappa shape index (κ2) is 10.7. The SMILES string of the molecule is CCCC(=O)N1CCCN(c2nc(Cc3ccc(C)cc3)nc3c2c(C)nn3-c2ccc(F)cc2)CC1. The first kappa shape index (κ1) is 24.9. The average Bonchev–Trinajstić information content (AvgIpc) is 3.05. The summed E-state index contributed by atoms with van der Waals surface area (Å²) in [5, 5.41) is 5.69. The molecule has 5 rings (SSSR count). The van der Waals surface area contributed by atoms with Gasteiger partial charge in [0.1, 0.15) is 17.5 Å². The summed E-state index contributed by atoms with van der Waals surface area (Å²) in [6.07, 6.45) is 2.91. The van der Waals surface area contributed by atoms with Gasteiger partial charge in [0.2, 0.25) is 5.91 Å². The van der Waals surface area contributed by atoms with Crippen LogP contribution in [0.4, 0.5) is 10.2 Å². The van der Waals surface area contributed by atoms with Crippen LogP contribution in [0.25, 0.3) is 16.7 Å². The predicted octanol–water partition coefficient (Wildman–Crippen LogP) is 5.00. The zero-order valence-corrected chi connectivity index (χ0v) is 21.7. The van der Waals surface area contributed by atoms with Crippen LogP contribution in [0.5, 0.6) is 0 Å². The van der Waals surface area contributed by atoms with E-state index < -0.39 is 0 Å². The summed E-state index contributed by atoms with van der Waals surface area (Å²) in [6.45, 7) is 9.00. The first-order chi connectivity index (χ1) is 17.9. The lowest BCUT2D eigenvalue weighted by atomic mass is 10.1. The smallest absolute Gasteiger partial charge is 0.222 e. The van der Waals surface area contributed by atoms with Crippen molar-refractivity contribution in [3.8, 4) is 5.69 Å². The number of anilines is 1. The molecular weight excluding hydrogens is 467 g/mol. The van der Waals surface area contributed by atoms with Crippen LogP contribution >= 0.6 is 0 Å². The number of hydrogen-bond acceptors (Lipinski definition) is 5. The molecular formula is C29H33FN6O.